The van der Waals surface area contributed by atoms with E-state index in [1.54, 1.807) is 0 Å². The summed E-state index contributed by atoms with van der Waals surface area (Å²) in [4.78, 5) is 32.8. The number of carbonyl (C=O) groups is 3. The van der Waals surface area contributed by atoms with Gasteiger partial charge in [0.15, 0.2) is 17.8 Å². The van der Waals surface area contributed by atoms with Gasteiger partial charge in [-0.15, -0.1) is 0 Å². The van der Waals surface area contributed by atoms with Gasteiger partial charge in [0.1, 0.15) is 5.57 Å². The number of Topliss-reactive ketones (excluding diaryl/α,β-unsaturated/α-hetero) is 1. The fourth-order valence-corrected chi connectivity index (χ4v) is 1.09. The van der Waals surface area contributed by atoms with Gasteiger partial charge in [-0.1, -0.05) is 0 Å². The summed E-state index contributed by atoms with van der Waals surface area (Å²) in [6.45, 7) is 0. The molecule has 74 valence electrons. The standard InChI is InChI=1S/C9H8O5/c1-13-7-3-6(11)8(12)5(4-10)9(7)14-2/h3-4H,1-2H3. The molecule has 0 saturated heterocycles. The van der Waals surface area contributed by atoms with Crippen molar-refractivity contribution in [3.05, 3.63) is 23.2 Å². The van der Waals surface area contributed by atoms with E-state index < -0.39 is 11.6 Å². The molecule has 0 unspecified atom stereocenters. The zero-order valence-electron chi connectivity index (χ0n) is 7.70. The molecule has 0 aliphatic heterocycles. The first-order valence-corrected chi connectivity index (χ1v) is 3.73. The van der Waals surface area contributed by atoms with Crippen LogP contribution in [0.15, 0.2) is 23.2 Å². The van der Waals surface area contributed by atoms with E-state index in [0.29, 0.717) is 0 Å². The van der Waals surface area contributed by atoms with Gasteiger partial charge in [0.25, 0.3) is 0 Å². The van der Waals surface area contributed by atoms with E-state index in [1.807, 2.05) is 0 Å². The molecule has 14 heavy (non-hydrogen) atoms. The zero-order chi connectivity index (χ0) is 10.7. The summed E-state index contributed by atoms with van der Waals surface area (Å²) in [6, 6.07) is 0. The minimum absolute atomic E-state index is 0.00731. The molecule has 0 aromatic carbocycles. The van der Waals surface area contributed by atoms with Crippen LogP contribution in [0.3, 0.4) is 0 Å². The van der Waals surface area contributed by atoms with Crippen LogP contribution in [-0.2, 0) is 23.9 Å². The summed E-state index contributed by atoms with van der Waals surface area (Å²) in [5.74, 6) is -1.59. The molecule has 0 bridgehead atoms. The molecular formula is C9H8O5. The van der Waals surface area contributed by atoms with E-state index in [0.717, 1.165) is 6.08 Å². The summed E-state index contributed by atoms with van der Waals surface area (Å²) in [5, 5.41) is 0. The number of hydrogen-bond acceptors (Lipinski definition) is 5. The van der Waals surface area contributed by atoms with E-state index >= 15 is 0 Å². The third-order valence-electron chi connectivity index (χ3n) is 1.74. The van der Waals surface area contributed by atoms with Crippen LogP contribution in [0.4, 0.5) is 0 Å². The Kier molecular flexibility index (Phi) is 2.81. The highest BCUT2D eigenvalue weighted by atomic mass is 16.5. The van der Waals surface area contributed by atoms with Crippen LogP contribution in [-0.4, -0.2) is 32.1 Å². The van der Waals surface area contributed by atoms with E-state index in [4.69, 9.17) is 9.47 Å². The third-order valence-corrected chi connectivity index (χ3v) is 1.74. The van der Waals surface area contributed by atoms with E-state index in [9.17, 15) is 14.4 Å². The van der Waals surface area contributed by atoms with Gasteiger partial charge in [0.05, 0.1) is 14.2 Å². The maximum absolute atomic E-state index is 11.2. The molecule has 0 radical (unpaired) electrons. The number of methoxy groups -OCH3 is 2. The molecule has 5 nitrogen and oxygen atoms in total. The summed E-state index contributed by atoms with van der Waals surface area (Å²) in [6.07, 6.45) is 1.28. The Balaban J connectivity index is 3.30. The average Bonchev–Trinajstić information content (AvgIpc) is 2.20. The normalized spacial score (nSPS) is 16.6. The fraction of sp³-hybridized carbons (Fsp3) is 0.222. The number of ketones is 2. The molecule has 0 N–H and O–H groups in total. The lowest BCUT2D eigenvalue weighted by Crippen LogP contribution is -2.23. The molecule has 0 heterocycles. The molecule has 1 aliphatic rings. The highest BCUT2D eigenvalue weighted by Gasteiger charge is 2.29. The Bertz CT molecular complexity index is 361. The Labute approximate surface area is 80.0 Å². The minimum Gasteiger partial charge on any atom is -0.493 e. The second-order valence-electron chi connectivity index (χ2n) is 2.47. The van der Waals surface area contributed by atoms with E-state index in [1.165, 1.54) is 14.2 Å². The molecule has 5 heteroatoms. The predicted octanol–water partition coefficient (Wildman–Crippen LogP) is -0.232. The van der Waals surface area contributed by atoms with Crippen LogP contribution in [0, 0.1) is 0 Å². The number of rotatable bonds is 3. The van der Waals surface area contributed by atoms with Crippen molar-refractivity contribution in [3.8, 4) is 0 Å². The molecule has 0 aromatic heterocycles. The van der Waals surface area contributed by atoms with Crippen molar-refractivity contribution in [2.45, 2.75) is 0 Å². The van der Waals surface area contributed by atoms with Gasteiger partial charge in [-0.3, -0.25) is 14.4 Å². The molecule has 1 rings (SSSR count). The van der Waals surface area contributed by atoms with E-state index in [2.05, 4.69) is 0 Å². The summed E-state index contributed by atoms with van der Waals surface area (Å²) in [5.41, 5.74) is -0.308. The first-order valence-electron chi connectivity index (χ1n) is 3.73. The maximum atomic E-state index is 11.2. The number of aldehydes is 1. The number of ether oxygens (including phenoxy) is 2. The first-order chi connectivity index (χ1) is 6.65. The highest BCUT2D eigenvalue weighted by molar-refractivity contribution is 6.52. The van der Waals surface area contributed by atoms with Crippen LogP contribution in [0.25, 0.3) is 0 Å². The van der Waals surface area contributed by atoms with Gasteiger partial charge in [-0.25, -0.2) is 0 Å². The minimum atomic E-state index is -0.877. The van der Waals surface area contributed by atoms with Crippen molar-refractivity contribution in [3.63, 3.8) is 0 Å². The third kappa shape index (κ3) is 1.44. The van der Waals surface area contributed by atoms with Gasteiger partial charge in [0, 0.05) is 6.08 Å². The number of carbonyl (C=O) groups excluding carboxylic acids is 3. The number of hydrogen-bond donors (Lipinski definition) is 0. The van der Waals surface area contributed by atoms with Gasteiger partial charge in [0.2, 0.25) is 11.6 Å². The van der Waals surface area contributed by atoms with Gasteiger partial charge < -0.3 is 9.47 Å². The van der Waals surface area contributed by atoms with Gasteiger partial charge >= 0.3 is 0 Å². The van der Waals surface area contributed by atoms with Crippen LogP contribution < -0.4 is 0 Å². The SMILES string of the molecule is COC1=CC(=O)C(=O)C(C=O)=C1OC. The quantitative estimate of drug-likeness (QED) is 0.270. The smallest absolute Gasteiger partial charge is 0.240 e. The predicted molar refractivity (Wildman–Crippen MR) is 45.2 cm³/mol. The van der Waals surface area contributed by atoms with Crippen molar-refractivity contribution in [1.82, 2.24) is 0 Å². The van der Waals surface area contributed by atoms with Gasteiger partial charge in [-0.2, -0.15) is 0 Å². The van der Waals surface area contributed by atoms with Gasteiger partial charge in [-0.05, 0) is 0 Å². The second kappa shape index (κ2) is 3.87. The Hall–Kier alpha value is -1.91. The molecule has 0 aromatic rings. The molecule has 0 spiro atoms. The molecule has 0 fully saturated rings. The van der Waals surface area contributed by atoms with Crippen LogP contribution in [0.1, 0.15) is 0 Å². The Morgan fingerprint density at radius 2 is 1.86 bits per heavy atom. The zero-order valence-corrected chi connectivity index (χ0v) is 7.70. The lowest BCUT2D eigenvalue weighted by Gasteiger charge is -2.14. The lowest BCUT2D eigenvalue weighted by molar-refractivity contribution is -0.132. The first kappa shape index (κ1) is 10.2. The van der Waals surface area contributed by atoms with Crippen LogP contribution in [0.2, 0.25) is 0 Å². The van der Waals surface area contributed by atoms with Crippen LogP contribution >= 0.6 is 0 Å². The molecule has 0 atom stereocenters. The monoisotopic (exact) mass is 196 g/mol. The Morgan fingerprint density at radius 3 is 2.29 bits per heavy atom. The average molecular weight is 196 g/mol. The Morgan fingerprint density at radius 1 is 1.21 bits per heavy atom. The van der Waals surface area contributed by atoms with Crippen LogP contribution in [0.5, 0.6) is 0 Å². The second-order valence-corrected chi connectivity index (χ2v) is 2.47. The lowest BCUT2D eigenvalue weighted by atomic mass is 10.0. The highest BCUT2D eigenvalue weighted by Crippen LogP contribution is 2.21. The maximum Gasteiger partial charge on any atom is 0.240 e. The molecule has 0 saturated carbocycles. The molecule has 1 aliphatic carbocycles. The van der Waals surface area contributed by atoms with Crippen molar-refractivity contribution >= 4 is 17.9 Å². The number of allylic oxidation sites excluding steroid dienone is 2. The molecule has 0 amide bonds. The summed E-state index contributed by atoms with van der Waals surface area (Å²) in [7, 11) is 2.60. The van der Waals surface area contributed by atoms with Crippen molar-refractivity contribution in [2.75, 3.05) is 14.2 Å². The summed E-state index contributed by atoms with van der Waals surface area (Å²) >= 11 is 0. The molecular weight excluding hydrogens is 188 g/mol. The largest absolute Gasteiger partial charge is 0.493 e. The van der Waals surface area contributed by atoms with E-state index in [-0.39, 0.29) is 23.4 Å². The van der Waals surface area contributed by atoms with Crippen molar-refractivity contribution in [1.29, 1.82) is 0 Å². The topological polar surface area (TPSA) is 69.7 Å². The van der Waals surface area contributed by atoms with Crippen molar-refractivity contribution < 1.29 is 23.9 Å². The summed E-state index contributed by atoms with van der Waals surface area (Å²) < 4.78 is 9.59. The fourth-order valence-electron chi connectivity index (χ4n) is 1.09. The van der Waals surface area contributed by atoms with Crippen molar-refractivity contribution in [2.24, 2.45) is 0 Å².